The molecule has 1 aliphatic heterocycles. The Labute approximate surface area is 155 Å². The second kappa shape index (κ2) is 8.08. The molecular formula is C20H20F4N2O. The normalized spacial score (nSPS) is 18.3. The zero-order valence-corrected chi connectivity index (χ0v) is 14.6. The lowest BCUT2D eigenvalue weighted by Gasteiger charge is -2.32. The Balaban J connectivity index is 1.60. The minimum Gasteiger partial charge on any atom is -0.326 e. The van der Waals surface area contributed by atoms with E-state index in [2.05, 4.69) is 10.2 Å². The summed E-state index contributed by atoms with van der Waals surface area (Å²) in [6, 6.07) is 10.9. The van der Waals surface area contributed by atoms with Gasteiger partial charge in [0, 0.05) is 18.8 Å². The maximum atomic E-state index is 13.0. The summed E-state index contributed by atoms with van der Waals surface area (Å²) < 4.78 is 51.4. The third-order valence-corrected chi connectivity index (χ3v) is 4.65. The number of likely N-dealkylation sites (tertiary alicyclic amines) is 1. The summed E-state index contributed by atoms with van der Waals surface area (Å²) in [6.07, 6.45) is -2.94. The van der Waals surface area contributed by atoms with Crippen LogP contribution >= 0.6 is 0 Å². The molecular weight excluding hydrogens is 360 g/mol. The van der Waals surface area contributed by atoms with Gasteiger partial charge in [-0.1, -0.05) is 18.2 Å². The van der Waals surface area contributed by atoms with Gasteiger partial charge in [0.1, 0.15) is 5.82 Å². The van der Waals surface area contributed by atoms with E-state index in [0.717, 1.165) is 30.7 Å². The molecule has 1 amide bonds. The molecule has 0 radical (unpaired) electrons. The van der Waals surface area contributed by atoms with Gasteiger partial charge in [-0.15, -0.1) is 0 Å². The third-order valence-electron chi connectivity index (χ3n) is 4.65. The molecule has 144 valence electrons. The first-order valence-electron chi connectivity index (χ1n) is 8.76. The average Bonchev–Trinajstić information content (AvgIpc) is 2.63. The van der Waals surface area contributed by atoms with E-state index in [4.69, 9.17) is 0 Å². The van der Waals surface area contributed by atoms with Crippen LogP contribution in [0.25, 0.3) is 0 Å². The van der Waals surface area contributed by atoms with Crippen LogP contribution < -0.4 is 5.32 Å². The zero-order valence-electron chi connectivity index (χ0n) is 14.6. The fraction of sp³-hybridized carbons (Fsp3) is 0.350. The van der Waals surface area contributed by atoms with Gasteiger partial charge in [0.25, 0.3) is 0 Å². The van der Waals surface area contributed by atoms with Gasteiger partial charge in [-0.2, -0.15) is 13.2 Å². The Morgan fingerprint density at radius 3 is 2.59 bits per heavy atom. The monoisotopic (exact) mass is 380 g/mol. The van der Waals surface area contributed by atoms with E-state index >= 15 is 0 Å². The highest BCUT2D eigenvalue weighted by Crippen LogP contribution is 2.31. The number of nitrogens with zero attached hydrogens (tertiary/aromatic N) is 1. The van der Waals surface area contributed by atoms with Gasteiger partial charge in [0.2, 0.25) is 5.91 Å². The Bertz CT molecular complexity index is 789. The smallest absolute Gasteiger partial charge is 0.326 e. The summed E-state index contributed by atoms with van der Waals surface area (Å²) in [5.41, 5.74) is 0.308. The molecule has 2 aromatic carbocycles. The van der Waals surface area contributed by atoms with Crippen molar-refractivity contribution in [2.75, 3.05) is 18.4 Å². The molecule has 0 saturated carbocycles. The van der Waals surface area contributed by atoms with Crippen LogP contribution in [-0.4, -0.2) is 23.9 Å². The number of anilines is 1. The van der Waals surface area contributed by atoms with Gasteiger partial charge >= 0.3 is 6.18 Å². The molecule has 1 atom stereocenters. The van der Waals surface area contributed by atoms with Gasteiger partial charge < -0.3 is 5.32 Å². The fourth-order valence-corrected chi connectivity index (χ4v) is 3.28. The van der Waals surface area contributed by atoms with E-state index < -0.39 is 11.7 Å². The third kappa shape index (κ3) is 5.29. The number of benzene rings is 2. The number of alkyl halides is 3. The van der Waals surface area contributed by atoms with Gasteiger partial charge in [-0.25, -0.2) is 4.39 Å². The molecule has 1 unspecified atom stereocenters. The van der Waals surface area contributed by atoms with E-state index in [-0.39, 0.29) is 23.3 Å². The van der Waals surface area contributed by atoms with E-state index in [1.807, 2.05) is 0 Å². The van der Waals surface area contributed by atoms with Crippen LogP contribution in [0.2, 0.25) is 0 Å². The molecule has 2 aromatic rings. The molecule has 1 fully saturated rings. The summed E-state index contributed by atoms with van der Waals surface area (Å²) in [7, 11) is 0. The van der Waals surface area contributed by atoms with Crippen LogP contribution in [0, 0.1) is 11.7 Å². The van der Waals surface area contributed by atoms with Crippen molar-refractivity contribution in [2.24, 2.45) is 5.92 Å². The first-order chi connectivity index (χ1) is 12.8. The second-order valence-electron chi connectivity index (χ2n) is 6.77. The molecule has 0 bridgehead atoms. The van der Waals surface area contributed by atoms with Crippen molar-refractivity contribution >= 4 is 11.6 Å². The molecule has 0 spiro atoms. The number of nitrogens with one attached hydrogen (secondary N) is 1. The Morgan fingerprint density at radius 2 is 1.89 bits per heavy atom. The largest absolute Gasteiger partial charge is 0.416 e. The highest BCUT2D eigenvalue weighted by atomic mass is 19.4. The van der Waals surface area contributed by atoms with Crippen molar-refractivity contribution in [3.63, 3.8) is 0 Å². The lowest BCUT2D eigenvalue weighted by Crippen LogP contribution is -2.40. The topological polar surface area (TPSA) is 32.3 Å². The Morgan fingerprint density at radius 1 is 1.15 bits per heavy atom. The summed E-state index contributed by atoms with van der Waals surface area (Å²) in [6.45, 7) is 1.94. The van der Waals surface area contributed by atoms with Crippen molar-refractivity contribution in [1.82, 2.24) is 4.90 Å². The van der Waals surface area contributed by atoms with Crippen LogP contribution in [0.15, 0.2) is 48.5 Å². The van der Waals surface area contributed by atoms with Crippen molar-refractivity contribution in [2.45, 2.75) is 25.6 Å². The molecule has 0 aliphatic carbocycles. The van der Waals surface area contributed by atoms with Crippen LogP contribution in [0.5, 0.6) is 0 Å². The number of carbonyl (C=O) groups is 1. The maximum Gasteiger partial charge on any atom is 0.416 e. The molecule has 27 heavy (non-hydrogen) atoms. The molecule has 1 heterocycles. The minimum atomic E-state index is -4.45. The standard InChI is InChI=1S/C20H20F4N2O/c21-17-8-6-14(7-9-17)12-26-10-2-3-15(13-26)19(27)25-18-5-1-4-16(11-18)20(22,23)24/h1,4-9,11,15H,2-3,10,12-13H2,(H,25,27). The van der Waals surface area contributed by atoms with Crippen LogP contribution in [-0.2, 0) is 17.5 Å². The summed E-state index contributed by atoms with van der Waals surface area (Å²) in [5.74, 6) is -0.873. The molecule has 1 saturated heterocycles. The molecule has 0 aromatic heterocycles. The van der Waals surface area contributed by atoms with Crippen LogP contribution in [0.4, 0.5) is 23.2 Å². The SMILES string of the molecule is O=C(Nc1cccc(C(F)(F)F)c1)C1CCCN(Cc2ccc(F)cc2)C1. The highest BCUT2D eigenvalue weighted by Gasteiger charge is 2.31. The Kier molecular flexibility index (Phi) is 5.79. The summed E-state index contributed by atoms with van der Waals surface area (Å²) in [5, 5.41) is 2.60. The van der Waals surface area contributed by atoms with E-state index in [1.165, 1.54) is 24.3 Å². The van der Waals surface area contributed by atoms with Gasteiger partial charge in [-0.05, 0) is 55.3 Å². The van der Waals surface area contributed by atoms with E-state index in [0.29, 0.717) is 19.5 Å². The molecule has 1 aliphatic rings. The highest BCUT2D eigenvalue weighted by molar-refractivity contribution is 5.92. The number of piperidine rings is 1. The van der Waals surface area contributed by atoms with Crippen molar-refractivity contribution in [1.29, 1.82) is 0 Å². The maximum absolute atomic E-state index is 13.0. The minimum absolute atomic E-state index is 0.144. The van der Waals surface area contributed by atoms with Crippen LogP contribution in [0.3, 0.4) is 0 Å². The second-order valence-corrected chi connectivity index (χ2v) is 6.77. The van der Waals surface area contributed by atoms with Gasteiger partial charge in [0.05, 0.1) is 11.5 Å². The molecule has 3 rings (SSSR count). The average molecular weight is 380 g/mol. The van der Waals surface area contributed by atoms with Gasteiger partial charge in [0.15, 0.2) is 0 Å². The number of amides is 1. The van der Waals surface area contributed by atoms with Gasteiger partial charge in [-0.3, -0.25) is 9.69 Å². The molecule has 3 nitrogen and oxygen atoms in total. The lowest BCUT2D eigenvalue weighted by molar-refractivity contribution is -0.137. The zero-order chi connectivity index (χ0) is 19.4. The van der Waals surface area contributed by atoms with Crippen molar-refractivity contribution in [3.05, 3.63) is 65.5 Å². The fourth-order valence-electron chi connectivity index (χ4n) is 3.28. The first kappa shape index (κ1) is 19.4. The van der Waals surface area contributed by atoms with Crippen molar-refractivity contribution in [3.8, 4) is 0 Å². The Hall–Kier alpha value is -2.41. The predicted molar refractivity (Wildman–Crippen MR) is 94.5 cm³/mol. The quantitative estimate of drug-likeness (QED) is 0.780. The number of carbonyl (C=O) groups excluding carboxylic acids is 1. The molecule has 1 N–H and O–H groups in total. The van der Waals surface area contributed by atoms with E-state index in [9.17, 15) is 22.4 Å². The lowest BCUT2D eigenvalue weighted by atomic mass is 9.96. The van der Waals surface area contributed by atoms with E-state index in [1.54, 1.807) is 12.1 Å². The number of rotatable bonds is 4. The van der Waals surface area contributed by atoms with Crippen LogP contribution in [0.1, 0.15) is 24.0 Å². The first-order valence-corrected chi connectivity index (χ1v) is 8.76. The molecule has 7 heteroatoms. The number of hydrogen-bond acceptors (Lipinski definition) is 2. The number of hydrogen-bond donors (Lipinski definition) is 1. The van der Waals surface area contributed by atoms with Crippen molar-refractivity contribution < 1.29 is 22.4 Å². The number of halogens is 4. The predicted octanol–water partition coefficient (Wildman–Crippen LogP) is 4.70. The summed E-state index contributed by atoms with van der Waals surface area (Å²) in [4.78, 5) is 14.6. The summed E-state index contributed by atoms with van der Waals surface area (Å²) >= 11 is 0.